The summed E-state index contributed by atoms with van der Waals surface area (Å²) in [6.45, 7) is 5.34. The molecule has 0 bridgehead atoms. The van der Waals surface area contributed by atoms with E-state index in [-0.39, 0.29) is 24.3 Å². The molecule has 33 heavy (non-hydrogen) atoms. The van der Waals surface area contributed by atoms with Crippen LogP contribution in [0.2, 0.25) is 0 Å². The third-order valence-corrected chi connectivity index (χ3v) is 6.16. The molecule has 3 aromatic rings. The Morgan fingerprint density at radius 1 is 1.15 bits per heavy atom. The average molecular weight is 447 g/mol. The fourth-order valence-electron chi connectivity index (χ4n) is 4.16. The molecule has 0 saturated carbocycles. The predicted octanol–water partition coefficient (Wildman–Crippen LogP) is 3.33. The van der Waals surface area contributed by atoms with E-state index in [0.717, 1.165) is 17.0 Å². The summed E-state index contributed by atoms with van der Waals surface area (Å²) in [4.78, 5) is 27.1. The Morgan fingerprint density at radius 3 is 2.79 bits per heavy atom. The van der Waals surface area contributed by atoms with Crippen molar-refractivity contribution in [1.82, 2.24) is 9.78 Å². The number of benzene rings is 2. The molecule has 1 aromatic heterocycles. The van der Waals surface area contributed by atoms with Crippen molar-refractivity contribution in [3.63, 3.8) is 0 Å². The highest BCUT2D eigenvalue weighted by Crippen LogP contribution is 2.31. The molecular weight excluding hydrogens is 420 g/mol. The van der Waals surface area contributed by atoms with E-state index in [2.05, 4.69) is 10.4 Å². The number of hydrogen-bond acceptors (Lipinski definition) is 5. The van der Waals surface area contributed by atoms with Gasteiger partial charge in [-0.1, -0.05) is 18.2 Å². The van der Waals surface area contributed by atoms with Crippen LogP contribution in [0, 0.1) is 19.8 Å². The maximum Gasteiger partial charge on any atom is 0.229 e. The average Bonchev–Trinajstić information content (AvgIpc) is 3.42. The number of hydrogen-bond donors (Lipinski definition) is 1. The predicted molar refractivity (Wildman–Crippen MR) is 124 cm³/mol. The number of aryl methyl sites for hydroxylation is 2. The van der Waals surface area contributed by atoms with Crippen molar-refractivity contribution >= 4 is 23.2 Å². The lowest BCUT2D eigenvalue weighted by atomic mass is 10.1. The van der Waals surface area contributed by atoms with Crippen molar-refractivity contribution in [2.24, 2.45) is 5.92 Å². The van der Waals surface area contributed by atoms with Gasteiger partial charge in [0.2, 0.25) is 11.8 Å². The standard InChI is InChI=1S/C25H26N4O4/c1-16-7-8-20(9-17(16)2)29-12-18(10-24(29)30)25(31)27-19-11-26-28(13-19)14-21-15-32-22-5-3-4-6-23(22)33-21/h3-9,11,13,18,21H,10,12,14-15H2,1-2H3,(H,27,31)/t18-,21-/m0/s1. The lowest BCUT2D eigenvalue weighted by Gasteiger charge is -2.26. The molecule has 5 rings (SSSR count). The highest BCUT2D eigenvalue weighted by Gasteiger charge is 2.35. The van der Waals surface area contributed by atoms with E-state index >= 15 is 0 Å². The van der Waals surface area contributed by atoms with Crippen molar-refractivity contribution in [2.75, 3.05) is 23.4 Å². The maximum atomic E-state index is 12.8. The Morgan fingerprint density at radius 2 is 1.97 bits per heavy atom. The fourth-order valence-corrected chi connectivity index (χ4v) is 4.16. The van der Waals surface area contributed by atoms with Crippen molar-refractivity contribution in [2.45, 2.75) is 32.9 Å². The van der Waals surface area contributed by atoms with Gasteiger partial charge in [0.1, 0.15) is 6.61 Å². The van der Waals surface area contributed by atoms with E-state index in [1.54, 1.807) is 22.0 Å². The quantitative estimate of drug-likeness (QED) is 0.650. The molecule has 1 fully saturated rings. The second kappa shape index (κ2) is 8.61. The second-order valence-electron chi connectivity index (χ2n) is 8.61. The van der Waals surface area contributed by atoms with E-state index in [9.17, 15) is 9.59 Å². The second-order valence-corrected chi connectivity index (χ2v) is 8.61. The summed E-state index contributed by atoms with van der Waals surface area (Å²) in [5, 5.41) is 7.23. The highest BCUT2D eigenvalue weighted by molar-refractivity contribution is 6.03. The minimum absolute atomic E-state index is 0.0381. The molecule has 2 aliphatic rings. The van der Waals surface area contributed by atoms with Crippen LogP contribution in [0.25, 0.3) is 0 Å². The van der Waals surface area contributed by atoms with Crippen LogP contribution >= 0.6 is 0 Å². The van der Waals surface area contributed by atoms with Gasteiger partial charge in [-0.25, -0.2) is 0 Å². The van der Waals surface area contributed by atoms with Crippen molar-refractivity contribution in [3.8, 4) is 11.5 Å². The molecule has 0 unspecified atom stereocenters. The van der Waals surface area contributed by atoms with Gasteiger partial charge in [0.25, 0.3) is 0 Å². The summed E-state index contributed by atoms with van der Waals surface area (Å²) in [5.41, 5.74) is 3.72. The zero-order chi connectivity index (χ0) is 22.9. The normalized spacial score (nSPS) is 19.6. The molecule has 1 saturated heterocycles. The summed E-state index contributed by atoms with van der Waals surface area (Å²) < 4.78 is 13.4. The third-order valence-electron chi connectivity index (χ3n) is 6.16. The van der Waals surface area contributed by atoms with Crippen LogP contribution in [0.4, 0.5) is 11.4 Å². The summed E-state index contributed by atoms with van der Waals surface area (Å²) in [5.74, 6) is 0.829. The van der Waals surface area contributed by atoms with Gasteiger partial charge in [-0.05, 0) is 49.2 Å². The zero-order valence-corrected chi connectivity index (χ0v) is 18.7. The molecule has 2 aliphatic heterocycles. The van der Waals surface area contributed by atoms with Gasteiger partial charge in [-0.2, -0.15) is 5.10 Å². The summed E-state index contributed by atoms with van der Waals surface area (Å²) in [7, 11) is 0. The maximum absolute atomic E-state index is 12.8. The van der Waals surface area contributed by atoms with E-state index in [1.807, 2.05) is 56.3 Å². The third kappa shape index (κ3) is 4.41. The lowest BCUT2D eigenvalue weighted by molar-refractivity contribution is -0.122. The van der Waals surface area contributed by atoms with Gasteiger partial charge in [0.15, 0.2) is 17.6 Å². The molecule has 1 N–H and O–H groups in total. The van der Waals surface area contributed by atoms with Gasteiger partial charge >= 0.3 is 0 Å². The minimum Gasteiger partial charge on any atom is -0.486 e. The number of ether oxygens (including phenoxy) is 2. The van der Waals surface area contributed by atoms with Crippen LogP contribution in [-0.4, -0.2) is 40.9 Å². The van der Waals surface area contributed by atoms with Crippen molar-refractivity contribution < 1.29 is 19.1 Å². The monoisotopic (exact) mass is 446 g/mol. The number of carbonyl (C=O) groups is 2. The van der Waals surface area contributed by atoms with Crippen LogP contribution in [0.15, 0.2) is 54.9 Å². The Balaban J connectivity index is 1.18. The number of anilines is 2. The molecule has 170 valence electrons. The number of fused-ring (bicyclic) bond motifs is 1. The van der Waals surface area contributed by atoms with Crippen LogP contribution in [-0.2, 0) is 16.1 Å². The van der Waals surface area contributed by atoms with Crippen LogP contribution in [0.1, 0.15) is 17.5 Å². The molecule has 0 spiro atoms. The number of para-hydroxylation sites is 2. The number of rotatable bonds is 5. The van der Waals surface area contributed by atoms with Gasteiger partial charge in [-0.3, -0.25) is 14.3 Å². The first-order chi connectivity index (χ1) is 16.0. The summed E-state index contributed by atoms with van der Waals surface area (Å²) in [6.07, 6.45) is 3.38. The molecule has 3 heterocycles. The van der Waals surface area contributed by atoms with Gasteiger partial charge < -0.3 is 19.7 Å². The molecule has 0 radical (unpaired) electrons. The van der Waals surface area contributed by atoms with Crippen LogP contribution in [0.5, 0.6) is 11.5 Å². The van der Waals surface area contributed by atoms with Gasteiger partial charge in [0, 0.05) is 24.8 Å². The first-order valence-electron chi connectivity index (χ1n) is 11.1. The Hall–Kier alpha value is -3.81. The number of carbonyl (C=O) groups excluding carboxylic acids is 2. The molecule has 2 amide bonds. The topological polar surface area (TPSA) is 85.7 Å². The minimum atomic E-state index is -0.408. The molecule has 0 aliphatic carbocycles. The number of nitrogens with one attached hydrogen (secondary N) is 1. The fraction of sp³-hybridized carbons (Fsp3) is 0.320. The number of nitrogens with zero attached hydrogens (tertiary/aromatic N) is 3. The largest absolute Gasteiger partial charge is 0.486 e. The van der Waals surface area contributed by atoms with E-state index < -0.39 is 5.92 Å². The molecule has 8 heteroatoms. The zero-order valence-electron chi connectivity index (χ0n) is 18.7. The smallest absolute Gasteiger partial charge is 0.229 e. The first kappa shape index (κ1) is 21.1. The lowest BCUT2D eigenvalue weighted by Crippen LogP contribution is -2.33. The van der Waals surface area contributed by atoms with Crippen LogP contribution in [0.3, 0.4) is 0 Å². The van der Waals surface area contributed by atoms with Crippen molar-refractivity contribution in [3.05, 3.63) is 66.0 Å². The Kier molecular flexibility index (Phi) is 5.50. The van der Waals surface area contributed by atoms with Gasteiger partial charge in [-0.15, -0.1) is 0 Å². The van der Waals surface area contributed by atoms with Crippen molar-refractivity contribution in [1.29, 1.82) is 0 Å². The number of aromatic nitrogens is 2. The van der Waals surface area contributed by atoms with Crippen LogP contribution < -0.4 is 19.7 Å². The summed E-state index contributed by atoms with van der Waals surface area (Å²) in [6, 6.07) is 13.5. The number of amides is 2. The Bertz CT molecular complexity index is 1200. The first-order valence-corrected chi connectivity index (χ1v) is 11.1. The molecule has 8 nitrogen and oxygen atoms in total. The Labute approximate surface area is 192 Å². The molecule has 2 atom stereocenters. The van der Waals surface area contributed by atoms with E-state index in [0.29, 0.717) is 31.1 Å². The highest BCUT2D eigenvalue weighted by atomic mass is 16.6. The SMILES string of the molecule is Cc1ccc(N2C[C@@H](C(=O)Nc3cnn(C[C@H]4COc5ccccc5O4)c3)CC2=O)cc1C. The molecule has 2 aromatic carbocycles. The van der Waals surface area contributed by atoms with E-state index in [4.69, 9.17) is 9.47 Å². The van der Waals surface area contributed by atoms with E-state index in [1.165, 1.54) is 5.56 Å². The summed E-state index contributed by atoms with van der Waals surface area (Å²) >= 11 is 0. The van der Waals surface area contributed by atoms with Gasteiger partial charge in [0.05, 0.1) is 24.3 Å². The molecular formula is C25H26N4O4.